The molecule has 0 spiro atoms. The van der Waals surface area contributed by atoms with Crippen LogP contribution >= 0.6 is 22.9 Å². The summed E-state index contributed by atoms with van der Waals surface area (Å²) in [6.45, 7) is 0. The number of carbonyl (C=O) groups excluding carboxylic acids is 1. The summed E-state index contributed by atoms with van der Waals surface area (Å²) in [4.78, 5) is 15.3. The maximum atomic E-state index is 13.4. The molecule has 0 atom stereocenters. The van der Waals surface area contributed by atoms with E-state index >= 15 is 0 Å². The molecule has 1 aromatic carbocycles. The van der Waals surface area contributed by atoms with Crippen molar-refractivity contribution < 1.29 is 18.7 Å². The normalized spacial score (nSPS) is 9.90. The molecule has 0 aliphatic heterocycles. The third kappa shape index (κ3) is 2.87. The minimum absolute atomic E-state index is 0.0500. The van der Waals surface area contributed by atoms with Crippen LogP contribution in [0.2, 0.25) is 5.15 Å². The van der Waals surface area contributed by atoms with Gasteiger partial charge >= 0.3 is 5.97 Å². The number of hydrogen-bond donors (Lipinski definition) is 0. The van der Waals surface area contributed by atoms with Crippen LogP contribution in [0.5, 0.6) is 10.9 Å². The maximum Gasteiger partial charge on any atom is 0.351 e. The Hall–Kier alpha value is -2.17. The van der Waals surface area contributed by atoms with Gasteiger partial charge in [0.1, 0.15) is 17.6 Å². The Bertz CT molecular complexity index is 711. The lowest BCUT2D eigenvalue weighted by molar-refractivity contribution is 0.0606. The Morgan fingerprint density at radius 2 is 2.30 bits per heavy atom. The fourth-order valence-corrected chi connectivity index (χ4v) is 2.36. The molecule has 2 rings (SSSR count). The van der Waals surface area contributed by atoms with Crippen molar-refractivity contribution in [1.29, 1.82) is 5.26 Å². The number of benzene rings is 1. The van der Waals surface area contributed by atoms with Gasteiger partial charge in [-0.2, -0.15) is 10.2 Å². The number of rotatable bonds is 3. The van der Waals surface area contributed by atoms with Gasteiger partial charge < -0.3 is 9.47 Å². The molecule has 0 radical (unpaired) electrons. The molecular formula is C12H6ClFN2O3S. The van der Waals surface area contributed by atoms with E-state index in [0.29, 0.717) is 0 Å². The summed E-state index contributed by atoms with van der Waals surface area (Å²) in [5, 5.41) is 8.64. The van der Waals surface area contributed by atoms with Crippen LogP contribution in [0, 0.1) is 17.1 Å². The van der Waals surface area contributed by atoms with Crippen LogP contribution in [0.3, 0.4) is 0 Å². The number of nitriles is 1. The molecule has 0 N–H and O–H groups in total. The molecule has 0 amide bonds. The highest BCUT2D eigenvalue weighted by Gasteiger charge is 2.18. The van der Waals surface area contributed by atoms with Gasteiger partial charge in [-0.05, 0) is 12.1 Å². The van der Waals surface area contributed by atoms with Crippen LogP contribution in [0.25, 0.3) is 0 Å². The van der Waals surface area contributed by atoms with E-state index in [-0.39, 0.29) is 26.5 Å². The summed E-state index contributed by atoms with van der Waals surface area (Å²) in [6, 6.07) is 5.43. The smallest absolute Gasteiger partial charge is 0.351 e. The number of halogens is 2. The molecule has 0 fully saturated rings. The highest BCUT2D eigenvalue weighted by atomic mass is 35.5. The molecule has 5 nitrogen and oxygen atoms in total. The molecule has 102 valence electrons. The van der Waals surface area contributed by atoms with E-state index in [0.717, 1.165) is 17.4 Å². The largest absolute Gasteiger partial charge is 0.465 e. The monoisotopic (exact) mass is 312 g/mol. The summed E-state index contributed by atoms with van der Waals surface area (Å²) in [5.74, 6) is -1.20. The SMILES string of the molecule is COC(=O)c1sc(Oc2ccc(C#N)c(F)c2)nc1Cl. The van der Waals surface area contributed by atoms with E-state index in [9.17, 15) is 9.18 Å². The Labute approximate surface area is 122 Å². The van der Waals surface area contributed by atoms with Crippen LogP contribution in [-0.2, 0) is 4.74 Å². The molecular weight excluding hydrogens is 307 g/mol. The second-order valence-corrected chi connectivity index (χ2v) is 4.77. The van der Waals surface area contributed by atoms with Crippen molar-refractivity contribution in [2.24, 2.45) is 0 Å². The number of hydrogen-bond acceptors (Lipinski definition) is 6. The van der Waals surface area contributed by atoms with Crippen molar-refractivity contribution in [3.8, 4) is 17.0 Å². The Morgan fingerprint density at radius 3 is 2.90 bits per heavy atom. The van der Waals surface area contributed by atoms with E-state index in [1.807, 2.05) is 0 Å². The van der Waals surface area contributed by atoms with E-state index in [1.54, 1.807) is 6.07 Å². The second-order valence-electron chi connectivity index (χ2n) is 3.45. The molecule has 0 saturated carbocycles. The first-order valence-electron chi connectivity index (χ1n) is 5.17. The molecule has 0 saturated heterocycles. The number of esters is 1. The van der Waals surface area contributed by atoms with Gasteiger partial charge in [-0.3, -0.25) is 0 Å². The standard InChI is InChI=1S/C12H6ClFN2O3S/c1-18-11(17)9-10(13)16-12(20-9)19-7-3-2-6(5-15)8(14)4-7/h2-4H,1H3. The van der Waals surface area contributed by atoms with Gasteiger partial charge in [0.15, 0.2) is 10.0 Å². The first-order valence-corrected chi connectivity index (χ1v) is 6.36. The second kappa shape index (κ2) is 5.86. The molecule has 2 aromatic rings. The fourth-order valence-electron chi connectivity index (χ4n) is 1.30. The highest BCUT2D eigenvalue weighted by Crippen LogP contribution is 2.32. The van der Waals surface area contributed by atoms with E-state index in [4.69, 9.17) is 21.6 Å². The Balaban J connectivity index is 2.25. The van der Waals surface area contributed by atoms with Gasteiger partial charge in [0.25, 0.3) is 5.19 Å². The van der Waals surface area contributed by atoms with Crippen LogP contribution in [0.4, 0.5) is 4.39 Å². The molecule has 1 aromatic heterocycles. The van der Waals surface area contributed by atoms with E-state index < -0.39 is 11.8 Å². The van der Waals surface area contributed by atoms with Crippen molar-refractivity contribution in [1.82, 2.24) is 4.98 Å². The lowest BCUT2D eigenvalue weighted by Crippen LogP contribution is -1.98. The quantitative estimate of drug-likeness (QED) is 0.812. The van der Waals surface area contributed by atoms with Crippen molar-refractivity contribution >= 4 is 28.9 Å². The zero-order valence-electron chi connectivity index (χ0n) is 10.0. The molecule has 0 aliphatic rings. The topological polar surface area (TPSA) is 72.2 Å². The van der Waals surface area contributed by atoms with Crippen LogP contribution in [-0.4, -0.2) is 18.1 Å². The number of aromatic nitrogens is 1. The molecule has 20 heavy (non-hydrogen) atoms. The van der Waals surface area contributed by atoms with E-state index in [2.05, 4.69) is 9.72 Å². The lowest BCUT2D eigenvalue weighted by atomic mass is 10.2. The lowest BCUT2D eigenvalue weighted by Gasteiger charge is -2.01. The number of carbonyl (C=O) groups is 1. The maximum absolute atomic E-state index is 13.4. The van der Waals surface area contributed by atoms with Crippen LogP contribution in [0.15, 0.2) is 18.2 Å². The van der Waals surface area contributed by atoms with Crippen molar-refractivity contribution in [3.05, 3.63) is 39.6 Å². The summed E-state index contributed by atoms with van der Waals surface area (Å²) < 4.78 is 23.2. The first-order chi connectivity index (χ1) is 9.55. The summed E-state index contributed by atoms with van der Waals surface area (Å²) in [6.07, 6.45) is 0. The third-order valence-corrected chi connectivity index (χ3v) is 3.50. The zero-order chi connectivity index (χ0) is 14.7. The van der Waals surface area contributed by atoms with Crippen molar-refractivity contribution in [2.45, 2.75) is 0 Å². The number of thiazole rings is 1. The Morgan fingerprint density at radius 1 is 1.55 bits per heavy atom. The summed E-state index contributed by atoms with van der Waals surface area (Å²) in [5.41, 5.74) is -0.0928. The minimum Gasteiger partial charge on any atom is -0.465 e. The number of ether oxygens (including phenoxy) is 2. The fraction of sp³-hybridized carbons (Fsp3) is 0.0833. The first kappa shape index (κ1) is 14.2. The molecule has 8 heteroatoms. The third-order valence-electron chi connectivity index (χ3n) is 2.20. The van der Waals surface area contributed by atoms with Gasteiger partial charge in [-0.1, -0.05) is 22.9 Å². The van der Waals surface area contributed by atoms with Gasteiger partial charge in [0, 0.05) is 6.07 Å². The minimum atomic E-state index is -0.708. The summed E-state index contributed by atoms with van der Waals surface area (Å²) in [7, 11) is 1.22. The van der Waals surface area contributed by atoms with Gasteiger partial charge in [0.05, 0.1) is 12.7 Å². The predicted molar refractivity (Wildman–Crippen MR) is 69.7 cm³/mol. The van der Waals surface area contributed by atoms with E-state index in [1.165, 1.54) is 19.2 Å². The van der Waals surface area contributed by atoms with Gasteiger partial charge in [-0.15, -0.1) is 0 Å². The summed E-state index contributed by atoms with van der Waals surface area (Å²) >= 11 is 6.64. The number of methoxy groups -OCH3 is 1. The van der Waals surface area contributed by atoms with Crippen molar-refractivity contribution in [3.63, 3.8) is 0 Å². The van der Waals surface area contributed by atoms with Gasteiger partial charge in [-0.25, -0.2) is 9.18 Å². The number of nitrogens with zero attached hydrogens (tertiary/aromatic N) is 2. The zero-order valence-corrected chi connectivity index (χ0v) is 11.6. The molecule has 0 aliphatic carbocycles. The Kier molecular flexibility index (Phi) is 4.17. The molecule has 0 bridgehead atoms. The highest BCUT2D eigenvalue weighted by molar-refractivity contribution is 7.15. The van der Waals surface area contributed by atoms with Gasteiger partial charge in [0.2, 0.25) is 0 Å². The molecule has 0 unspecified atom stereocenters. The van der Waals surface area contributed by atoms with Crippen molar-refractivity contribution in [2.75, 3.05) is 7.11 Å². The average molecular weight is 313 g/mol. The predicted octanol–water partition coefficient (Wildman–Crippen LogP) is 3.39. The average Bonchev–Trinajstić information content (AvgIpc) is 2.79. The van der Waals surface area contributed by atoms with Crippen LogP contribution in [0.1, 0.15) is 15.2 Å². The molecule has 1 heterocycles. The van der Waals surface area contributed by atoms with Crippen LogP contribution < -0.4 is 4.74 Å².